The number of hydrogen-bond acceptors (Lipinski definition) is 2. The lowest BCUT2D eigenvalue weighted by molar-refractivity contribution is -0.157. The van der Waals surface area contributed by atoms with E-state index < -0.39 is 0 Å². The van der Waals surface area contributed by atoms with Gasteiger partial charge >= 0.3 is 0 Å². The molecule has 0 saturated heterocycles. The fraction of sp³-hybridized carbons (Fsp3) is 0.600. The van der Waals surface area contributed by atoms with Crippen molar-refractivity contribution in [2.75, 3.05) is 11.9 Å². The smallest absolute Gasteiger partial charge is 0.137 e. The van der Waals surface area contributed by atoms with Gasteiger partial charge in [-0.15, -0.1) is 0 Å². The van der Waals surface area contributed by atoms with Crippen molar-refractivity contribution in [1.82, 2.24) is 0 Å². The summed E-state index contributed by atoms with van der Waals surface area (Å²) in [5.74, 6) is -0.218. The molecule has 0 bridgehead atoms. The number of halogens is 2. The van der Waals surface area contributed by atoms with Crippen LogP contribution in [0.15, 0.2) is 22.7 Å². The molecule has 104 valence electrons. The molecule has 2 saturated carbocycles. The first-order valence-electron chi connectivity index (χ1n) is 6.99. The summed E-state index contributed by atoms with van der Waals surface area (Å²) in [6, 6.07) is 5.59. The summed E-state index contributed by atoms with van der Waals surface area (Å²) in [6.07, 6.45) is 5.26. The molecule has 2 nitrogen and oxygen atoms in total. The van der Waals surface area contributed by atoms with Gasteiger partial charge in [-0.3, -0.25) is 0 Å². The van der Waals surface area contributed by atoms with Gasteiger partial charge < -0.3 is 10.1 Å². The molecule has 1 N–H and O–H groups in total. The SMILES string of the molecule is CCOC1CC(Nc2ccc(F)c(Br)c2)C12CCC2. The van der Waals surface area contributed by atoms with E-state index >= 15 is 0 Å². The van der Waals surface area contributed by atoms with E-state index in [1.54, 1.807) is 6.07 Å². The van der Waals surface area contributed by atoms with Gasteiger partial charge in [0.2, 0.25) is 0 Å². The summed E-state index contributed by atoms with van der Waals surface area (Å²) in [4.78, 5) is 0. The van der Waals surface area contributed by atoms with Crippen LogP contribution < -0.4 is 5.32 Å². The fourth-order valence-corrected chi connectivity index (χ4v) is 3.81. The summed E-state index contributed by atoms with van der Waals surface area (Å²) in [6.45, 7) is 2.85. The van der Waals surface area contributed by atoms with Crippen molar-refractivity contribution in [1.29, 1.82) is 0 Å². The molecular weight excluding hydrogens is 309 g/mol. The molecule has 2 unspecified atom stereocenters. The summed E-state index contributed by atoms with van der Waals surface area (Å²) in [5.41, 5.74) is 1.32. The quantitative estimate of drug-likeness (QED) is 0.887. The summed E-state index contributed by atoms with van der Waals surface area (Å²) < 4.78 is 19.6. The molecule has 4 heteroatoms. The zero-order valence-electron chi connectivity index (χ0n) is 11.1. The van der Waals surface area contributed by atoms with Gasteiger partial charge in [0.25, 0.3) is 0 Å². The van der Waals surface area contributed by atoms with Crippen LogP contribution in [-0.2, 0) is 4.74 Å². The highest BCUT2D eigenvalue weighted by atomic mass is 79.9. The molecule has 2 aliphatic carbocycles. The van der Waals surface area contributed by atoms with Crippen LogP contribution >= 0.6 is 15.9 Å². The molecule has 2 aliphatic rings. The van der Waals surface area contributed by atoms with Crippen molar-refractivity contribution in [2.45, 2.75) is 44.8 Å². The molecule has 0 aromatic heterocycles. The second-order valence-corrected chi connectivity index (χ2v) is 6.45. The molecule has 2 fully saturated rings. The van der Waals surface area contributed by atoms with Crippen LogP contribution in [0.25, 0.3) is 0 Å². The van der Waals surface area contributed by atoms with E-state index in [1.165, 1.54) is 25.3 Å². The number of benzene rings is 1. The van der Waals surface area contributed by atoms with Gasteiger partial charge in [-0.1, -0.05) is 6.42 Å². The summed E-state index contributed by atoms with van der Waals surface area (Å²) >= 11 is 3.23. The maximum Gasteiger partial charge on any atom is 0.137 e. The second-order valence-electron chi connectivity index (χ2n) is 5.59. The van der Waals surface area contributed by atoms with Gasteiger partial charge in [0, 0.05) is 23.8 Å². The Balaban J connectivity index is 1.69. The van der Waals surface area contributed by atoms with Crippen molar-refractivity contribution in [3.63, 3.8) is 0 Å². The average Bonchev–Trinajstić information content (AvgIpc) is 2.30. The van der Waals surface area contributed by atoms with Crippen LogP contribution in [-0.4, -0.2) is 18.8 Å². The number of rotatable bonds is 4. The minimum absolute atomic E-state index is 0.218. The van der Waals surface area contributed by atoms with E-state index in [0.717, 1.165) is 18.7 Å². The first kappa shape index (κ1) is 13.4. The molecule has 0 heterocycles. The predicted molar refractivity (Wildman–Crippen MR) is 77.8 cm³/mol. The van der Waals surface area contributed by atoms with Gasteiger partial charge in [-0.05, 0) is 60.3 Å². The number of nitrogens with one attached hydrogen (secondary N) is 1. The number of hydrogen-bond donors (Lipinski definition) is 1. The van der Waals surface area contributed by atoms with Gasteiger partial charge in [-0.2, -0.15) is 0 Å². The van der Waals surface area contributed by atoms with Crippen LogP contribution in [0.3, 0.4) is 0 Å². The van der Waals surface area contributed by atoms with Crippen molar-refractivity contribution < 1.29 is 9.13 Å². The Kier molecular flexibility index (Phi) is 3.56. The third-order valence-corrected chi connectivity index (χ3v) is 5.31. The number of ether oxygens (including phenoxy) is 1. The lowest BCUT2D eigenvalue weighted by Crippen LogP contribution is -2.64. The van der Waals surface area contributed by atoms with Crippen LogP contribution in [0.2, 0.25) is 0 Å². The van der Waals surface area contributed by atoms with Gasteiger partial charge in [0.1, 0.15) is 5.82 Å². The van der Waals surface area contributed by atoms with Crippen molar-refractivity contribution in [2.24, 2.45) is 5.41 Å². The van der Waals surface area contributed by atoms with Crippen LogP contribution in [0.4, 0.5) is 10.1 Å². The fourth-order valence-electron chi connectivity index (χ4n) is 3.43. The molecule has 2 atom stereocenters. The Morgan fingerprint density at radius 3 is 2.84 bits per heavy atom. The zero-order chi connectivity index (χ0) is 13.5. The summed E-state index contributed by atoms with van der Waals surface area (Å²) in [5, 5.41) is 3.55. The highest BCUT2D eigenvalue weighted by Gasteiger charge is 2.58. The third kappa shape index (κ3) is 2.19. The molecule has 1 spiro atoms. The van der Waals surface area contributed by atoms with Crippen LogP contribution in [0, 0.1) is 11.2 Å². The molecule has 0 aliphatic heterocycles. The first-order chi connectivity index (χ1) is 9.15. The normalized spacial score (nSPS) is 27.7. The van der Waals surface area contributed by atoms with Gasteiger partial charge in [-0.25, -0.2) is 4.39 Å². The van der Waals surface area contributed by atoms with Gasteiger partial charge in [0.15, 0.2) is 0 Å². The monoisotopic (exact) mass is 327 g/mol. The molecule has 1 aromatic rings. The lowest BCUT2D eigenvalue weighted by Gasteiger charge is -2.61. The van der Waals surface area contributed by atoms with Crippen molar-refractivity contribution >= 4 is 21.6 Å². The van der Waals surface area contributed by atoms with Gasteiger partial charge in [0.05, 0.1) is 10.6 Å². The van der Waals surface area contributed by atoms with E-state index in [0.29, 0.717) is 22.0 Å². The van der Waals surface area contributed by atoms with Crippen molar-refractivity contribution in [3.05, 3.63) is 28.5 Å². The highest BCUT2D eigenvalue weighted by molar-refractivity contribution is 9.10. The maximum atomic E-state index is 13.2. The Morgan fingerprint density at radius 2 is 2.26 bits per heavy atom. The van der Waals surface area contributed by atoms with E-state index in [1.807, 2.05) is 6.07 Å². The Hall–Kier alpha value is -0.610. The summed E-state index contributed by atoms with van der Waals surface area (Å²) in [7, 11) is 0. The van der Waals surface area contributed by atoms with Crippen LogP contribution in [0.5, 0.6) is 0 Å². The number of anilines is 1. The lowest BCUT2D eigenvalue weighted by atomic mass is 9.51. The maximum absolute atomic E-state index is 13.2. The molecule has 3 rings (SSSR count). The van der Waals surface area contributed by atoms with E-state index in [2.05, 4.69) is 28.2 Å². The molecular formula is C15H19BrFNO. The van der Waals surface area contributed by atoms with Crippen LogP contribution in [0.1, 0.15) is 32.6 Å². The van der Waals surface area contributed by atoms with E-state index in [9.17, 15) is 4.39 Å². The molecule has 0 radical (unpaired) electrons. The Labute approximate surface area is 121 Å². The molecule has 0 amide bonds. The van der Waals surface area contributed by atoms with Crippen molar-refractivity contribution in [3.8, 4) is 0 Å². The molecule has 1 aromatic carbocycles. The molecule has 19 heavy (non-hydrogen) atoms. The van der Waals surface area contributed by atoms with E-state index in [4.69, 9.17) is 4.74 Å². The first-order valence-corrected chi connectivity index (χ1v) is 7.78. The largest absolute Gasteiger partial charge is 0.382 e. The Morgan fingerprint density at radius 1 is 1.47 bits per heavy atom. The predicted octanol–water partition coefficient (Wildman–Crippen LogP) is 4.35. The highest BCUT2D eigenvalue weighted by Crippen LogP contribution is 2.58. The Bertz CT molecular complexity index is 475. The third-order valence-electron chi connectivity index (χ3n) is 4.70. The topological polar surface area (TPSA) is 21.3 Å². The minimum atomic E-state index is -0.218. The van der Waals surface area contributed by atoms with E-state index in [-0.39, 0.29) is 5.82 Å². The standard InChI is InChI=1S/C15H19BrFNO/c1-2-19-14-9-13(15(14)6-3-7-15)18-10-4-5-12(17)11(16)8-10/h4-5,8,13-14,18H,2-3,6-7,9H2,1H3. The average molecular weight is 328 g/mol. The zero-order valence-corrected chi connectivity index (χ0v) is 12.7. The second kappa shape index (κ2) is 5.06. The minimum Gasteiger partial charge on any atom is -0.382 e.